The van der Waals surface area contributed by atoms with Gasteiger partial charge in [-0.1, -0.05) is 74.5 Å². The monoisotopic (exact) mass is 396 g/mol. The molecule has 4 rings (SSSR count). The van der Waals surface area contributed by atoms with Gasteiger partial charge in [-0.3, -0.25) is 0 Å². The predicted molar refractivity (Wildman–Crippen MR) is 120 cm³/mol. The molecule has 1 atom stereocenters. The molecule has 0 bridgehead atoms. The summed E-state index contributed by atoms with van der Waals surface area (Å²) in [5.74, 6) is 0.279. The molecular formula is C26H24N2O2. The molecule has 4 aromatic rings. The second-order valence-electron chi connectivity index (χ2n) is 7.58. The number of aromatic nitrogens is 2. The third-order valence-corrected chi connectivity index (χ3v) is 5.55. The van der Waals surface area contributed by atoms with E-state index in [0.717, 1.165) is 45.5 Å². The van der Waals surface area contributed by atoms with Gasteiger partial charge in [0.1, 0.15) is 5.82 Å². The summed E-state index contributed by atoms with van der Waals surface area (Å²) in [6, 6.07) is 23.3. The van der Waals surface area contributed by atoms with Gasteiger partial charge in [-0.2, -0.15) is 0 Å². The number of benzene rings is 3. The number of rotatable bonds is 6. The van der Waals surface area contributed by atoms with E-state index in [4.69, 9.17) is 9.97 Å². The maximum Gasteiger partial charge on any atom is 0.336 e. The van der Waals surface area contributed by atoms with Crippen molar-refractivity contribution in [3.8, 4) is 11.1 Å². The Labute approximate surface area is 176 Å². The SMILES string of the molecule is CCC(C)c1nc(Cc2ccc(-c3ccccc3C(=O)O)cc2)c2ccccc2n1. The highest BCUT2D eigenvalue weighted by molar-refractivity contribution is 5.96. The van der Waals surface area contributed by atoms with E-state index in [9.17, 15) is 9.90 Å². The van der Waals surface area contributed by atoms with Crippen LogP contribution in [0.25, 0.3) is 22.0 Å². The topological polar surface area (TPSA) is 63.1 Å². The van der Waals surface area contributed by atoms with Gasteiger partial charge in [-0.15, -0.1) is 0 Å². The number of para-hydroxylation sites is 1. The van der Waals surface area contributed by atoms with Crippen LogP contribution in [0, 0.1) is 0 Å². The lowest BCUT2D eigenvalue weighted by Crippen LogP contribution is -2.05. The quantitative estimate of drug-likeness (QED) is 0.428. The molecule has 1 unspecified atom stereocenters. The molecule has 0 fully saturated rings. The average molecular weight is 396 g/mol. The molecule has 150 valence electrons. The van der Waals surface area contributed by atoms with Gasteiger partial charge < -0.3 is 5.11 Å². The first-order chi connectivity index (χ1) is 14.6. The lowest BCUT2D eigenvalue weighted by Gasteiger charge is -2.13. The highest BCUT2D eigenvalue weighted by atomic mass is 16.4. The molecule has 1 heterocycles. The Morgan fingerprint density at radius 3 is 2.37 bits per heavy atom. The molecule has 0 spiro atoms. The normalized spacial score (nSPS) is 12.1. The Morgan fingerprint density at radius 1 is 0.933 bits per heavy atom. The van der Waals surface area contributed by atoms with Gasteiger partial charge in [-0.05, 0) is 35.2 Å². The molecule has 30 heavy (non-hydrogen) atoms. The minimum absolute atomic E-state index is 0.309. The van der Waals surface area contributed by atoms with Crippen LogP contribution in [0.5, 0.6) is 0 Å². The summed E-state index contributed by atoms with van der Waals surface area (Å²) >= 11 is 0. The Hall–Kier alpha value is -3.53. The molecule has 0 saturated carbocycles. The van der Waals surface area contributed by atoms with E-state index >= 15 is 0 Å². The summed E-state index contributed by atoms with van der Waals surface area (Å²) in [5, 5.41) is 10.5. The molecule has 1 aromatic heterocycles. The molecule has 4 nitrogen and oxygen atoms in total. The summed E-state index contributed by atoms with van der Waals surface area (Å²) in [6.07, 6.45) is 1.70. The van der Waals surface area contributed by atoms with Gasteiger partial charge in [0.2, 0.25) is 0 Å². The van der Waals surface area contributed by atoms with E-state index in [2.05, 4.69) is 19.9 Å². The molecule has 0 amide bonds. The molecular weight excluding hydrogens is 372 g/mol. The van der Waals surface area contributed by atoms with Crippen molar-refractivity contribution in [3.63, 3.8) is 0 Å². The van der Waals surface area contributed by atoms with Crippen molar-refractivity contribution < 1.29 is 9.90 Å². The van der Waals surface area contributed by atoms with Crippen LogP contribution in [0.4, 0.5) is 0 Å². The summed E-state index contributed by atoms with van der Waals surface area (Å²) in [4.78, 5) is 21.2. The minimum Gasteiger partial charge on any atom is -0.478 e. The predicted octanol–water partition coefficient (Wildman–Crippen LogP) is 6.10. The largest absolute Gasteiger partial charge is 0.478 e. The number of fused-ring (bicyclic) bond motifs is 1. The van der Waals surface area contributed by atoms with Crippen LogP contribution in [0.2, 0.25) is 0 Å². The van der Waals surface area contributed by atoms with E-state index in [1.54, 1.807) is 12.1 Å². The molecule has 0 saturated heterocycles. The summed E-state index contributed by atoms with van der Waals surface area (Å²) in [5.41, 5.74) is 5.06. The highest BCUT2D eigenvalue weighted by Crippen LogP contribution is 2.26. The Kier molecular flexibility index (Phi) is 5.57. The fourth-order valence-corrected chi connectivity index (χ4v) is 3.62. The van der Waals surface area contributed by atoms with Crippen molar-refractivity contribution in [1.82, 2.24) is 9.97 Å². The number of hydrogen-bond acceptors (Lipinski definition) is 3. The van der Waals surface area contributed by atoms with Gasteiger partial charge in [0.05, 0.1) is 16.8 Å². The first-order valence-corrected chi connectivity index (χ1v) is 10.2. The first-order valence-electron chi connectivity index (χ1n) is 10.2. The van der Waals surface area contributed by atoms with E-state index < -0.39 is 5.97 Å². The van der Waals surface area contributed by atoms with Gasteiger partial charge in [0.25, 0.3) is 0 Å². The van der Waals surface area contributed by atoms with Crippen molar-refractivity contribution in [1.29, 1.82) is 0 Å². The smallest absolute Gasteiger partial charge is 0.336 e. The fraction of sp³-hybridized carbons (Fsp3) is 0.192. The van der Waals surface area contributed by atoms with E-state index in [1.807, 2.05) is 54.6 Å². The Balaban J connectivity index is 1.69. The molecule has 3 aromatic carbocycles. The standard InChI is InChI=1S/C26H24N2O2/c1-3-17(2)25-27-23-11-7-6-10-22(23)24(28-25)16-18-12-14-19(15-13-18)20-8-4-5-9-21(20)26(29)30/h4-15,17H,3,16H2,1-2H3,(H,29,30). The second-order valence-corrected chi connectivity index (χ2v) is 7.58. The second kappa shape index (κ2) is 8.46. The third kappa shape index (κ3) is 3.94. The summed E-state index contributed by atoms with van der Waals surface area (Å²) < 4.78 is 0. The Bertz CT molecular complexity index is 1200. The number of carboxylic acids is 1. The van der Waals surface area contributed by atoms with Gasteiger partial charge in [-0.25, -0.2) is 14.8 Å². The zero-order chi connectivity index (χ0) is 21.1. The summed E-state index contributed by atoms with van der Waals surface area (Å²) in [6.45, 7) is 4.30. The van der Waals surface area contributed by atoms with Crippen molar-refractivity contribution in [2.24, 2.45) is 0 Å². The maximum absolute atomic E-state index is 11.5. The van der Waals surface area contributed by atoms with Gasteiger partial charge in [0, 0.05) is 17.7 Å². The number of carbonyl (C=O) groups is 1. The minimum atomic E-state index is -0.917. The van der Waals surface area contributed by atoms with E-state index in [0.29, 0.717) is 17.9 Å². The van der Waals surface area contributed by atoms with Crippen LogP contribution >= 0.6 is 0 Å². The Morgan fingerprint density at radius 2 is 1.63 bits per heavy atom. The zero-order valence-electron chi connectivity index (χ0n) is 17.2. The lowest BCUT2D eigenvalue weighted by molar-refractivity contribution is 0.0697. The average Bonchev–Trinajstić information content (AvgIpc) is 2.79. The van der Waals surface area contributed by atoms with Gasteiger partial charge in [0.15, 0.2) is 0 Å². The molecule has 1 N–H and O–H groups in total. The molecule has 4 heteroatoms. The van der Waals surface area contributed by atoms with Crippen molar-refractivity contribution in [3.05, 3.63) is 95.4 Å². The highest BCUT2D eigenvalue weighted by Gasteiger charge is 2.14. The van der Waals surface area contributed by atoms with Crippen LogP contribution in [0.3, 0.4) is 0 Å². The van der Waals surface area contributed by atoms with Crippen molar-refractivity contribution >= 4 is 16.9 Å². The molecule has 0 aliphatic carbocycles. The summed E-state index contributed by atoms with van der Waals surface area (Å²) in [7, 11) is 0. The number of hydrogen-bond donors (Lipinski definition) is 1. The van der Waals surface area contributed by atoms with Crippen LogP contribution < -0.4 is 0 Å². The maximum atomic E-state index is 11.5. The third-order valence-electron chi connectivity index (χ3n) is 5.55. The molecule has 0 aliphatic rings. The van der Waals surface area contributed by atoms with Crippen LogP contribution in [0.1, 0.15) is 53.6 Å². The lowest BCUT2D eigenvalue weighted by atomic mass is 9.97. The van der Waals surface area contributed by atoms with Crippen molar-refractivity contribution in [2.45, 2.75) is 32.6 Å². The number of carboxylic acid groups (broad SMARTS) is 1. The zero-order valence-corrected chi connectivity index (χ0v) is 17.2. The van der Waals surface area contributed by atoms with E-state index in [-0.39, 0.29) is 0 Å². The first kappa shape index (κ1) is 19.8. The van der Waals surface area contributed by atoms with E-state index in [1.165, 1.54) is 0 Å². The number of nitrogens with zero attached hydrogens (tertiary/aromatic N) is 2. The van der Waals surface area contributed by atoms with Gasteiger partial charge >= 0.3 is 5.97 Å². The van der Waals surface area contributed by atoms with Crippen molar-refractivity contribution in [2.75, 3.05) is 0 Å². The molecule has 0 radical (unpaired) electrons. The number of aromatic carboxylic acids is 1. The molecule has 0 aliphatic heterocycles. The van der Waals surface area contributed by atoms with Crippen LogP contribution in [-0.2, 0) is 6.42 Å². The van der Waals surface area contributed by atoms with Crippen LogP contribution in [-0.4, -0.2) is 21.0 Å². The fourth-order valence-electron chi connectivity index (χ4n) is 3.62. The van der Waals surface area contributed by atoms with Crippen LogP contribution in [0.15, 0.2) is 72.8 Å².